The van der Waals surface area contributed by atoms with Gasteiger partial charge in [-0.25, -0.2) is 14.6 Å². The van der Waals surface area contributed by atoms with Gasteiger partial charge in [-0.2, -0.15) is 0 Å². The van der Waals surface area contributed by atoms with E-state index in [0.29, 0.717) is 43.0 Å². The van der Waals surface area contributed by atoms with Crippen LogP contribution >= 0.6 is 0 Å². The van der Waals surface area contributed by atoms with Gasteiger partial charge in [0.05, 0.1) is 12.2 Å². The van der Waals surface area contributed by atoms with E-state index in [1.54, 1.807) is 24.3 Å². The summed E-state index contributed by atoms with van der Waals surface area (Å²) in [6.07, 6.45) is 7.29. The molecule has 31 heavy (non-hydrogen) atoms. The summed E-state index contributed by atoms with van der Waals surface area (Å²) in [6.45, 7) is 4.19. The Bertz CT molecular complexity index is 859. The van der Waals surface area contributed by atoms with Crippen molar-refractivity contribution in [2.75, 3.05) is 26.2 Å². The van der Waals surface area contributed by atoms with Gasteiger partial charge in [-0.1, -0.05) is 44.0 Å². The fourth-order valence-corrected chi connectivity index (χ4v) is 3.24. The molecule has 1 atom stereocenters. The number of unbranched alkanes of at least 4 members (excludes halogenated alkanes) is 3. The number of nitrogens with zero attached hydrogens (tertiary/aromatic N) is 1. The van der Waals surface area contributed by atoms with Gasteiger partial charge in [-0.05, 0) is 25.2 Å². The van der Waals surface area contributed by atoms with Crippen molar-refractivity contribution >= 4 is 23.7 Å². The molecule has 0 aromatic heterocycles. The Hall–Kier alpha value is -3.25. The monoisotopic (exact) mass is 426 g/mol. The first-order valence-corrected chi connectivity index (χ1v) is 10.7. The van der Waals surface area contributed by atoms with Crippen molar-refractivity contribution in [3.63, 3.8) is 0 Å². The van der Waals surface area contributed by atoms with Crippen LogP contribution in [0, 0.1) is 5.92 Å². The van der Waals surface area contributed by atoms with Crippen LogP contribution in [0.2, 0.25) is 0 Å². The maximum atomic E-state index is 12.5. The highest BCUT2D eigenvalue weighted by Crippen LogP contribution is 2.19. The predicted molar refractivity (Wildman–Crippen MR) is 118 cm³/mol. The van der Waals surface area contributed by atoms with Gasteiger partial charge in [0.25, 0.3) is 0 Å². The summed E-state index contributed by atoms with van der Waals surface area (Å²) >= 11 is 0. The Morgan fingerprint density at radius 3 is 2.52 bits per heavy atom. The average molecular weight is 427 g/mol. The summed E-state index contributed by atoms with van der Waals surface area (Å²) in [5.41, 5.74) is 1.19. The van der Waals surface area contributed by atoms with Crippen molar-refractivity contribution in [2.45, 2.75) is 39.0 Å². The first-order valence-electron chi connectivity index (χ1n) is 10.7. The van der Waals surface area contributed by atoms with Gasteiger partial charge in [-0.3, -0.25) is 9.59 Å². The quantitative estimate of drug-likeness (QED) is 0.255. The molecular formula is C23H30N4O4. The molecule has 2 rings (SSSR count). The molecule has 0 radical (unpaired) electrons. The lowest BCUT2D eigenvalue weighted by atomic mass is 9.92. The van der Waals surface area contributed by atoms with E-state index in [4.69, 9.17) is 0 Å². The minimum Gasteiger partial charge on any atom is -0.381 e. The first-order chi connectivity index (χ1) is 15.0. The number of Topliss-reactive ketones (excluding diaryl/α,β-unsaturated/α-hetero) is 1. The molecule has 0 saturated heterocycles. The Labute approximate surface area is 182 Å². The molecule has 1 aromatic carbocycles. The van der Waals surface area contributed by atoms with E-state index in [0.717, 1.165) is 32.1 Å². The van der Waals surface area contributed by atoms with Crippen molar-refractivity contribution in [1.29, 1.82) is 0 Å². The standard InChI is InChI=1S/C23H30N4O4/c1-17(10-13-26-23(31)25-12-7-3-2-6-11-24-16-28)15-27-20-14-21(29)18-8-4-5-9-19(18)22(20)30/h4-5,8-9,14,17,27H,2-3,6-7,10-13,15H2,1H3,(H2,25,26,31). The number of ketones is 2. The third kappa shape index (κ3) is 8.18. The third-order valence-electron chi connectivity index (χ3n) is 5.07. The highest BCUT2D eigenvalue weighted by molar-refractivity contribution is 6.24. The molecule has 0 spiro atoms. The molecule has 1 aromatic rings. The number of hydrogen-bond acceptors (Lipinski definition) is 6. The minimum absolute atomic E-state index is 0.168. The lowest BCUT2D eigenvalue weighted by Crippen LogP contribution is -2.37. The molecule has 0 fully saturated rings. The van der Waals surface area contributed by atoms with E-state index in [1.807, 2.05) is 6.92 Å². The van der Waals surface area contributed by atoms with Crippen LogP contribution in [0.25, 0.3) is 0 Å². The number of urea groups is 1. The van der Waals surface area contributed by atoms with Crippen LogP contribution < -0.4 is 16.0 Å². The van der Waals surface area contributed by atoms with E-state index in [2.05, 4.69) is 20.9 Å². The number of aliphatic imine (C=N–C) groups is 1. The van der Waals surface area contributed by atoms with Crippen molar-refractivity contribution in [3.05, 3.63) is 47.2 Å². The number of amides is 2. The molecule has 3 N–H and O–H groups in total. The number of carbonyl (C=O) groups excluding carboxylic acids is 4. The summed E-state index contributed by atoms with van der Waals surface area (Å²) in [5.74, 6) is -0.134. The second kappa shape index (κ2) is 13.1. The van der Waals surface area contributed by atoms with Gasteiger partial charge in [-0.15, -0.1) is 0 Å². The smallest absolute Gasteiger partial charge is 0.314 e. The lowest BCUT2D eigenvalue weighted by molar-refractivity contribution is 0.0977. The summed E-state index contributed by atoms with van der Waals surface area (Å²) in [5, 5.41) is 8.73. The second-order valence-corrected chi connectivity index (χ2v) is 7.64. The largest absolute Gasteiger partial charge is 0.381 e. The Morgan fingerprint density at radius 2 is 1.74 bits per heavy atom. The fourth-order valence-electron chi connectivity index (χ4n) is 3.24. The van der Waals surface area contributed by atoms with Gasteiger partial charge in [0.15, 0.2) is 5.78 Å². The molecule has 0 saturated carbocycles. The van der Waals surface area contributed by atoms with Crippen molar-refractivity contribution in [3.8, 4) is 0 Å². The van der Waals surface area contributed by atoms with E-state index in [9.17, 15) is 19.2 Å². The Kier molecular flexibility index (Phi) is 10.2. The third-order valence-corrected chi connectivity index (χ3v) is 5.07. The topological polar surface area (TPSA) is 117 Å². The molecule has 1 aliphatic carbocycles. The van der Waals surface area contributed by atoms with E-state index < -0.39 is 0 Å². The molecular weight excluding hydrogens is 396 g/mol. The van der Waals surface area contributed by atoms with Crippen molar-refractivity contribution < 1.29 is 19.2 Å². The summed E-state index contributed by atoms with van der Waals surface area (Å²) in [4.78, 5) is 50.0. The van der Waals surface area contributed by atoms with Gasteiger partial charge in [0.1, 0.15) is 0 Å². The normalized spacial score (nSPS) is 13.5. The lowest BCUT2D eigenvalue weighted by Gasteiger charge is -2.19. The van der Waals surface area contributed by atoms with Crippen LogP contribution in [0.1, 0.15) is 59.7 Å². The van der Waals surface area contributed by atoms with Crippen LogP contribution in [0.3, 0.4) is 0 Å². The van der Waals surface area contributed by atoms with Gasteiger partial charge in [0.2, 0.25) is 11.9 Å². The number of fused-ring (bicyclic) bond motifs is 1. The zero-order valence-electron chi connectivity index (χ0n) is 17.9. The maximum absolute atomic E-state index is 12.5. The number of allylic oxidation sites excluding steroid dienone is 2. The summed E-state index contributed by atoms with van der Waals surface area (Å²) in [6, 6.07) is 6.62. The fraction of sp³-hybridized carbons (Fsp3) is 0.478. The highest BCUT2D eigenvalue weighted by atomic mass is 16.2. The molecule has 166 valence electrons. The minimum atomic E-state index is -0.196. The highest BCUT2D eigenvalue weighted by Gasteiger charge is 2.25. The van der Waals surface area contributed by atoms with Crippen molar-refractivity contribution in [1.82, 2.24) is 16.0 Å². The Balaban J connectivity index is 1.58. The molecule has 1 unspecified atom stereocenters. The molecule has 0 bridgehead atoms. The zero-order chi connectivity index (χ0) is 22.5. The van der Waals surface area contributed by atoms with Crippen LogP contribution in [-0.4, -0.2) is 49.9 Å². The SMILES string of the molecule is CC(CCNC(=O)NCCCCCCN=C=O)CNC1=CC(=O)c2ccccc2C1=O. The molecule has 0 heterocycles. The number of isocyanates is 1. The number of nitrogens with one attached hydrogen (secondary N) is 3. The van der Waals surface area contributed by atoms with Gasteiger partial charge >= 0.3 is 6.03 Å². The van der Waals surface area contributed by atoms with E-state index in [1.165, 1.54) is 12.2 Å². The molecule has 8 nitrogen and oxygen atoms in total. The summed E-state index contributed by atoms with van der Waals surface area (Å²) < 4.78 is 0. The van der Waals surface area contributed by atoms with Crippen LogP contribution in [0.15, 0.2) is 41.0 Å². The first kappa shape index (κ1) is 24.0. The zero-order valence-corrected chi connectivity index (χ0v) is 17.9. The second-order valence-electron chi connectivity index (χ2n) is 7.64. The molecule has 8 heteroatoms. The number of rotatable bonds is 13. The van der Waals surface area contributed by atoms with Crippen LogP contribution in [0.4, 0.5) is 4.79 Å². The number of carbonyl (C=O) groups is 3. The van der Waals surface area contributed by atoms with E-state index >= 15 is 0 Å². The van der Waals surface area contributed by atoms with Gasteiger partial charge < -0.3 is 16.0 Å². The summed E-state index contributed by atoms with van der Waals surface area (Å²) in [7, 11) is 0. The average Bonchev–Trinajstić information content (AvgIpc) is 2.77. The molecule has 1 aliphatic rings. The number of benzene rings is 1. The molecule has 2 amide bonds. The Morgan fingerprint density at radius 1 is 1.03 bits per heavy atom. The van der Waals surface area contributed by atoms with Gasteiger partial charge in [0, 0.05) is 36.8 Å². The number of hydrogen-bond donors (Lipinski definition) is 3. The van der Waals surface area contributed by atoms with Crippen LogP contribution in [0.5, 0.6) is 0 Å². The predicted octanol–water partition coefficient (Wildman–Crippen LogP) is 2.76. The van der Waals surface area contributed by atoms with Crippen LogP contribution in [-0.2, 0) is 4.79 Å². The molecule has 0 aliphatic heterocycles. The van der Waals surface area contributed by atoms with Crippen molar-refractivity contribution in [2.24, 2.45) is 10.9 Å². The van der Waals surface area contributed by atoms with E-state index in [-0.39, 0.29) is 23.5 Å². The maximum Gasteiger partial charge on any atom is 0.314 e.